The fourth-order valence-electron chi connectivity index (χ4n) is 2.66. The maximum absolute atomic E-state index is 12.8. The lowest BCUT2D eigenvalue weighted by Crippen LogP contribution is -2.41. The number of nitrogens with zero attached hydrogens (tertiary/aromatic N) is 3. The third kappa shape index (κ3) is 9.93. The molecule has 0 fully saturated rings. The van der Waals surface area contributed by atoms with Gasteiger partial charge in [0.05, 0.1) is 15.5 Å². The molecule has 12 nitrogen and oxygen atoms in total. The molecule has 0 aliphatic heterocycles. The summed E-state index contributed by atoms with van der Waals surface area (Å²) < 4.78 is 55.6. The molecule has 1 aromatic heterocycles. The van der Waals surface area contributed by atoms with Gasteiger partial charge in [-0.1, -0.05) is 19.9 Å². The van der Waals surface area contributed by atoms with E-state index in [4.69, 9.17) is 11.5 Å². The molecule has 0 saturated carbocycles. The molecule has 1 aromatic carbocycles. The zero-order chi connectivity index (χ0) is 26.8. The lowest BCUT2D eigenvalue weighted by Gasteiger charge is -2.13. The van der Waals surface area contributed by atoms with Gasteiger partial charge >= 0.3 is 0 Å². The minimum absolute atomic E-state index is 0.0441. The fourth-order valence-corrected chi connectivity index (χ4v) is 6.47. The average molecular weight is 577 g/mol. The highest BCUT2D eigenvalue weighted by Crippen LogP contribution is 2.21. The molecule has 16 heteroatoms. The van der Waals surface area contributed by atoms with Crippen LogP contribution in [0.15, 0.2) is 49.4 Å². The van der Waals surface area contributed by atoms with Gasteiger partial charge in [-0.3, -0.25) is 4.99 Å². The molecular formula is C20H32N8O4S4. The summed E-state index contributed by atoms with van der Waals surface area (Å²) in [5, 5.41) is 5.28. The van der Waals surface area contributed by atoms with Gasteiger partial charge in [0.15, 0.2) is 5.96 Å². The molecule has 7 N–H and O–H groups in total. The van der Waals surface area contributed by atoms with Crippen LogP contribution in [0.4, 0.5) is 5.13 Å². The fraction of sp³-hybridized carbons (Fsp3) is 0.450. The van der Waals surface area contributed by atoms with Gasteiger partial charge in [-0.2, -0.15) is 16.8 Å². The van der Waals surface area contributed by atoms with E-state index in [0.29, 0.717) is 35.5 Å². The van der Waals surface area contributed by atoms with Crippen molar-refractivity contribution in [1.29, 1.82) is 0 Å². The van der Waals surface area contributed by atoms with Gasteiger partial charge in [0.2, 0.25) is 21.1 Å². The van der Waals surface area contributed by atoms with Crippen molar-refractivity contribution in [2.75, 3.05) is 25.9 Å². The van der Waals surface area contributed by atoms with Crippen LogP contribution in [0.2, 0.25) is 0 Å². The zero-order valence-electron chi connectivity index (χ0n) is 20.3. The van der Waals surface area contributed by atoms with Crippen molar-refractivity contribution in [3.63, 3.8) is 0 Å². The van der Waals surface area contributed by atoms with Crippen molar-refractivity contribution in [3.8, 4) is 0 Å². The van der Waals surface area contributed by atoms with Crippen molar-refractivity contribution >= 4 is 60.2 Å². The Hall–Kier alpha value is -2.40. The molecule has 0 aliphatic carbocycles. The molecular weight excluding hydrogens is 545 g/mol. The Morgan fingerprint density at radius 3 is 2.47 bits per heavy atom. The second kappa shape index (κ2) is 13.8. The molecule has 0 saturated heterocycles. The van der Waals surface area contributed by atoms with Crippen LogP contribution in [0, 0.1) is 5.92 Å². The summed E-state index contributed by atoms with van der Waals surface area (Å²) in [6, 6.07) is 5.18. The Balaban J connectivity index is 1.90. The van der Waals surface area contributed by atoms with Crippen molar-refractivity contribution < 1.29 is 16.8 Å². The van der Waals surface area contributed by atoms with Gasteiger partial charge in [-0.15, -0.1) is 11.3 Å². The number of thiazole rings is 1. The Labute approximate surface area is 220 Å². The average Bonchev–Trinajstić information content (AvgIpc) is 3.24. The predicted octanol–water partition coefficient (Wildman–Crippen LogP) is 1.16. The maximum Gasteiger partial charge on any atom is 0.264 e. The lowest BCUT2D eigenvalue weighted by atomic mass is 10.1. The van der Waals surface area contributed by atoms with Crippen molar-refractivity contribution in [2.45, 2.75) is 35.8 Å². The number of nitrogens with two attached hydrogens (primary N) is 2. The lowest BCUT2D eigenvalue weighted by molar-refractivity contribution is 0.551. The van der Waals surface area contributed by atoms with E-state index in [1.807, 2.05) is 19.2 Å². The van der Waals surface area contributed by atoms with Crippen LogP contribution in [-0.2, 0) is 25.8 Å². The van der Waals surface area contributed by atoms with Crippen LogP contribution in [0.5, 0.6) is 0 Å². The van der Waals surface area contributed by atoms with Gasteiger partial charge in [-0.25, -0.2) is 31.3 Å². The summed E-state index contributed by atoms with van der Waals surface area (Å²) in [6.07, 6.45) is 0.668. The molecule has 0 unspecified atom stereocenters. The topological polar surface area (TPSA) is 194 Å². The first kappa shape index (κ1) is 29.8. The minimum atomic E-state index is -4.07. The third-order valence-corrected chi connectivity index (χ3v) is 9.02. The number of nitrogens with one attached hydrogen (secondary N) is 3. The number of rotatable bonds is 13. The van der Waals surface area contributed by atoms with Crippen LogP contribution >= 0.6 is 23.1 Å². The molecule has 0 spiro atoms. The SMILES string of the molecule is CN=C(NCCSCc1csc(N=C(N)N)n1)NS(=O)(=O)c1cccc(S(=O)(=O)NCCC(C)C)c1. The molecule has 200 valence electrons. The zero-order valence-corrected chi connectivity index (χ0v) is 23.5. The van der Waals surface area contributed by atoms with E-state index in [0.717, 1.165) is 11.8 Å². The number of sulfonamides is 2. The Morgan fingerprint density at radius 2 is 1.83 bits per heavy atom. The number of hydrogen-bond acceptors (Lipinski definition) is 9. The molecule has 2 rings (SSSR count). The van der Waals surface area contributed by atoms with Crippen LogP contribution in [0.25, 0.3) is 0 Å². The maximum atomic E-state index is 12.8. The van der Waals surface area contributed by atoms with Gasteiger partial charge < -0.3 is 16.8 Å². The number of thioether (sulfide) groups is 1. The van der Waals surface area contributed by atoms with Crippen LogP contribution < -0.4 is 26.2 Å². The number of benzene rings is 1. The monoisotopic (exact) mass is 576 g/mol. The minimum Gasteiger partial charge on any atom is -0.370 e. The van der Waals surface area contributed by atoms with Gasteiger partial charge in [0, 0.05) is 37.0 Å². The Kier molecular flexibility index (Phi) is 11.4. The van der Waals surface area contributed by atoms with Crippen molar-refractivity contribution in [3.05, 3.63) is 35.3 Å². The van der Waals surface area contributed by atoms with E-state index in [1.54, 1.807) is 11.8 Å². The number of aromatic nitrogens is 1. The van der Waals surface area contributed by atoms with Crippen molar-refractivity contribution in [1.82, 2.24) is 19.7 Å². The van der Waals surface area contributed by atoms with Crippen LogP contribution in [0.1, 0.15) is 26.0 Å². The summed E-state index contributed by atoms with van der Waals surface area (Å²) >= 11 is 2.92. The van der Waals surface area contributed by atoms with Crippen LogP contribution in [-0.4, -0.2) is 59.6 Å². The highest BCUT2D eigenvalue weighted by atomic mass is 32.2. The molecule has 36 heavy (non-hydrogen) atoms. The Bertz CT molecular complexity index is 1270. The first-order chi connectivity index (χ1) is 16.9. The molecule has 0 atom stereocenters. The third-order valence-electron chi connectivity index (χ3n) is 4.45. The van der Waals surface area contributed by atoms with E-state index < -0.39 is 20.0 Å². The summed E-state index contributed by atoms with van der Waals surface area (Å²) in [7, 11) is -6.46. The van der Waals surface area contributed by atoms with Gasteiger partial charge in [-0.05, 0) is 30.5 Å². The number of guanidine groups is 2. The Morgan fingerprint density at radius 1 is 1.14 bits per heavy atom. The van der Waals surface area contributed by atoms with E-state index >= 15 is 0 Å². The van der Waals surface area contributed by atoms with Gasteiger partial charge in [0.1, 0.15) is 0 Å². The quantitative estimate of drug-likeness (QED) is 0.132. The molecule has 2 aromatic rings. The number of aliphatic imine (C=N–C) groups is 2. The standard InChI is InChI=1S/C20H32N8O4S4/c1-14(2)7-8-25-35(29,30)16-5-4-6-17(11-16)36(31,32)28-19(23-3)24-9-10-33-12-15-13-34-20(26-15)27-18(21)22/h4-6,11,13-14,25H,7-10,12H2,1-3H3,(H2,23,24,28)(H4,21,22,26,27). The highest BCUT2D eigenvalue weighted by Gasteiger charge is 2.20. The molecule has 1 heterocycles. The second-order valence-electron chi connectivity index (χ2n) is 7.87. The first-order valence-corrected chi connectivity index (χ1v) is 15.9. The largest absolute Gasteiger partial charge is 0.370 e. The highest BCUT2D eigenvalue weighted by molar-refractivity contribution is 7.98. The molecule has 0 aliphatic rings. The second-order valence-corrected chi connectivity index (χ2v) is 13.3. The smallest absolute Gasteiger partial charge is 0.264 e. The molecule has 0 radical (unpaired) electrons. The van der Waals surface area contributed by atoms with E-state index in [1.165, 1.54) is 36.6 Å². The van der Waals surface area contributed by atoms with E-state index in [9.17, 15) is 16.8 Å². The summed E-state index contributed by atoms with van der Waals surface area (Å²) in [5.41, 5.74) is 11.5. The molecule has 0 bridgehead atoms. The van der Waals surface area contributed by atoms with Crippen molar-refractivity contribution in [2.24, 2.45) is 27.4 Å². The molecule has 0 amide bonds. The van der Waals surface area contributed by atoms with Crippen LogP contribution in [0.3, 0.4) is 0 Å². The van der Waals surface area contributed by atoms with E-state index in [-0.39, 0.29) is 28.3 Å². The summed E-state index contributed by atoms with van der Waals surface area (Å²) in [5.74, 6) is 1.61. The predicted molar refractivity (Wildman–Crippen MR) is 147 cm³/mol. The first-order valence-electron chi connectivity index (χ1n) is 10.9. The van der Waals surface area contributed by atoms with Gasteiger partial charge in [0.25, 0.3) is 10.0 Å². The van der Waals surface area contributed by atoms with E-state index in [2.05, 4.69) is 29.7 Å². The number of hydrogen-bond donors (Lipinski definition) is 5. The summed E-state index contributed by atoms with van der Waals surface area (Å²) in [6.45, 7) is 4.67. The summed E-state index contributed by atoms with van der Waals surface area (Å²) in [4.78, 5) is 11.8. The normalized spacial score (nSPS) is 12.5.